The van der Waals surface area contributed by atoms with Gasteiger partial charge in [0, 0.05) is 4.47 Å². The quantitative estimate of drug-likeness (QED) is 0.475. The van der Waals surface area contributed by atoms with Crippen molar-refractivity contribution in [2.75, 3.05) is 4.72 Å². The van der Waals surface area contributed by atoms with Gasteiger partial charge in [0.25, 0.3) is 10.0 Å². The van der Waals surface area contributed by atoms with Gasteiger partial charge in [-0.15, -0.1) is 0 Å². The lowest BCUT2D eigenvalue weighted by Gasteiger charge is -2.13. The zero-order chi connectivity index (χ0) is 18.9. The molecule has 7 nitrogen and oxygen atoms in total. The monoisotopic (exact) mass is 447 g/mol. The normalized spacial score (nSPS) is 11.2. The second-order valence-electron chi connectivity index (χ2n) is 4.94. The highest BCUT2D eigenvalue weighted by Gasteiger charge is 2.23. The summed E-state index contributed by atoms with van der Waals surface area (Å²) >= 11 is 8.84. The molecule has 10 heteroatoms. The average molecular weight is 449 g/mol. The smallest absolute Gasteiger partial charge is 0.337 e. The van der Waals surface area contributed by atoms with E-state index in [-0.39, 0.29) is 25.6 Å². The predicted molar refractivity (Wildman–Crippen MR) is 95.0 cm³/mol. The summed E-state index contributed by atoms with van der Waals surface area (Å²) in [4.78, 5) is 22.2. The van der Waals surface area contributed by atoms with Gasteiger partial charge in [0.2, 0.25) is 0 Å². The molecule has 25 heavy (non-hydrogen) atoms. The summed E-state index contributed by atoms with van der Waals surface area (Å²) in [5.74, 6) is -2.37. The fourth-order valence-corrected chi connectivity index (χ4v) is 3.91. The summed E-state index contributed by atoms with van der Waals surface area (Å²) in [6.45, 7) is 1.22. The third-order valence-electron chi connectivity index (χ3n) is 3.20. The molecule has 0 aliphatic heterocycles. The molecule has 0 radical (unpaired) electrons. The topological polar surface area (TPSA) is 121 Å². The lowest BCUT2D eigenvalue weighted by Crippen LogP contribution is -2.15. The first-order chi connectivity index (χ1) is 11.5. The van der Waals surface area contributed by atoms with E-state index < -0.39 is 33.1 Å². The molecule has 0 unspecified atom stereocenters. The summed E-state index contributed by atoms with van der Waals surface area (Å²) in [6.07, 6.45) is 0. The Hall–Kier alpha value is -2.10. The number of carbonyl (C=O) groups excluding carboxylic acids is 1. The molecule has 2 aromatic rings. The Labute approximate surface area is 156 Å². The Balaban J connectivity index is 2.53. The number of nitrogens with one attached hydrogen (secondary N) is 1. The van der Waals surface area contributed by atoms with E-state index in [4.69, 9.17) is 16.7 Å². The van der Waals surface area contributed by atoms with E-state index in [0.29, 0.717) is 0 Å². The first-order valence-electron chi connectivity index (χ1n) is 6.62. The molecule has 0 saturated carbocycles. The van der Waals surface area contributed by atoms with Gasteiger partial charge < -0.3 is 10.2 Å². The number of hydrogen-bond donors (Lipinski definition) is 3. The van der Waals surface area contributed by atoms with Crippen molar-refractivity contribution in [1.29, 1.82) is 0 Å². The largest absolute Gasteiger partial charge is 0.505 e. The standard InChI is InChI=1S/C15H11BrClNO6S/c1-7(19)9-3-2-4-12(14(9)20)18-25(23,24)8-5-10(15(21)22)13(17)11(16)6-8/h2-6,18,20H,1H3,(H,21,22). The highest BCUT2D eigenvalue weighted by molar-refractivity contribution is 9.10. The molecule has 0 amide bonds. The maximum absolute atomic E-state index is 12.5. The van der Waals surface area contributed by atoms with Gasteiger partial charge in [0.05, 0.1) is 26.7 Å². The van der Waals surface area contributed by atoms with Crippen molar-refractivity contribution < 1.29 is 28.2 Å². The number of phenolic OH excluding ortho intramolecular Hbond substituents is 1. The van der Waals surface area contributed by atoms with Gasteiger partial charge >= 0.3 is 5.97 Å². The highest BCUT2D eigenvalue weighted by Crippen LogP contribution is 2.33. The van der Waals surface area contributed by atoms with E-state index in [0.717, 1.165) is 12.1 Å². The zero-order valence-electron chi connectivity index (χ0n) is 12.6. The molecule has 0 heterocycles. The number of carboxylic acid groups (broad SMARTS) is 1. The maximum Gasteiger partial charge on any atom is 0.337 e. The van der Waals surface area contributed by atoms with Gasteiger partial charge in [0.1, 0.15) is 5.75 Å². The molecule has 0 fully saturated rings. The van der Waals surface area contributed by atoms with E-state index in [1.54, 1.807) is 0 Å². The SMILES string of the molecule is CC(=O)c1cccc(NS(=O)(=O)c2cc(Br)c(Cl)c(C(=O)O)c2)c1O. The summed E-state index contributed by atoms with van der Waals surface area (Å²) < 4.78 is 27.2. The number of rotatable bonds is 5. The number of carboxylic acids is 1. The number of aromatic hydroxyl groups is 1. The van der Waals surface area contributed by atoms with E-state index in [9.17, 15) is 23.1 Å². The number of Topliss-reactive ketones (excluding diaryl/α,β-unsaturated/α-hetero) is 1. The van der Waals surface area contributed by atoms with Gasteiger partial charge in [-0.2, -0.15) is 0 Å². The molecule has 3 N–H and O–H groups in total. The summed E-state index contributed by atoms with van der Waals surface area (Å²) in [5, 5.41) is 19.0. The number of aromatic carboxylic acids is 1. The molecule has 0 atom stereocenters. The number of hydrogen-bond acceptors (Lipinski definition) is 5. The van der Waals surface area contributed by atoms with Crippen molar-refractivity contribution in [3.63, 3.8) is 0 Å². The van der Waals surface area contributed by atoms with Crippen LogP contribution in [0.1, 0.15) is 27.6 Å². The second kappa shape index (κ2) is 7.03. The van der Waals surface area contributed by atoms with E-state index in [2.05, 4.69) is 20.7 Å². The van der Waals surface area contributed by atoms with E-state index >= 15 is 0 Å². The van der Waals surface area contributed by atoms with Crippen LogP contribution in [0.4, 0.5) is 5.69 Å². The van der Waals surface area contributed by atoms with Gasteiger partial charge in [-0.3, -0.25) is 9.52 Å². The summed E-state index contributed by atoms with van der Waals surface area (Å²) in [7, 11) is -4.25. The van der Waals surface area contributed by atoms with Crippen LogP contribution in [0.2, 0.25) is 5.02 Å². The minimum atomic E-state index is -4.25. The van der Waals surface area contributed by atoms with Gasteiger partial charge in [0.15, 0.2) is 5.78 Å². The summed E-state index contributed by atoms with van der Waals surface area (Å²) in [6, 6.07) is 6.03. The minimum absolute atomic E-state index is 0.0521. The number of anilines is 1. The van der Waals surface area contributed by atoms with Crippen LogP contribution in [0.15, 0.2) is 39.7 Å². The Morgan fingerprint density at radius 1 is 1.20 bits per heavy atom. The van der Waals surface area contributed by atoms with Crippen molar-refractivity contribution in [2.24, 2.45) is 0 Å². The van der Waals surface area contributed by atoms with Crippen molar-refractivity contribution in [3.05, 3.63) is 51.0 Å². The van der Waals surface area contributed by atoms with Crippen LogP contribution in [0.3, 0.4) is 0 Å². The average Bonchev–Trinajstić information content (AvgIpc) is 2.50. The van der Waals surface area contributed by atoms with Crippen molar-refractivity contribution in [3.8, 4) is 5.75 Å². The van der Waals surface area contributed by atoms with Gasteiger partial charge in [-0.1, -0.05) is 17.7 Å². The number of para-hydroxylation sites is 1. The molecule has 132 valence electrons. The first-order valence-corrected chi connectivity index (χ1v) is 9.28. The number of halogens is 2. The Kier molecular flexibility index (Phi) is 5.40. The van der Waals surface area contributed by atoms with Crippen LogP contribution in [0.5, 0.6) is 5.75 Å². The number of phenols is 1. The summed E-state index contributed by atoms with van der Waals surface area (Å²) in [5.41, 5.74) is -0.669. The highest BCUT2D eigenvalue weighted by atomic mass is 79.9. The van der Waals surface area contributed by atoms with Crippen molar-refractivity contribution in [2.45, 2.75) is 11.8 Å². The van der Waals surface area contributed by atoms with Crippen LogP contribution in [-0.4, -0.2) is 30.4 Å². The Bertz CT molecular complexity index is 990. The Morgan fingerprint density at radius 3 is 2.40 bits per heavy atom. The third kappa shape index (κ3) is 3.94. The van der Waals surface area contributed by atoms with Gasteiger partial charge in [-0.25, -0.2) is 13.2 Å². The van der Waals surface area contributed by atoms with Crippen LogP contribution < -0.4 is 4.72 Å². The molecule has 0 aromatic heterocycles. The molecular formula is C15H11BrClNO6S. The lowest BCUT2D eigenvalue weighted by atomic mass is 10.1. The number of ketones is 1. The van der Waals surface area contributed by atoms with Crippen LogP contribution in [0.25, 0.3) is 0 Å². The predicted octanol–water partition coefficient (Wildman–Crippen LogP) is 3.51. The fraction of sp³-hybridized carbons (Fsp3) is 0.0667. The molecular weight excluding hydrogens is 438 g/mol. The number of sulfonamides is 1. The molecule has 0 bridgehead atoms. The van der Waals surface area contributed by atoms with E-state index in [1.165, 1.54) is 25.1 Å². The lowest BCUT2D eigenvalue weighted by molar-refractivity contribution is 0.0696. The second-order valence-corrected chi connectivity index (χ2v) is 7.85. The van der Waals surface area contributed by atoms with E-state index in [1.807, 2.05) is 0 Å². The third-order valence-corrected chi connectivity index (χ3v) is 5.81. The fourth-order valence-electron chi connectivity index (χ4n) is 1.99. The van der Waals surface area contributed by atoms with Gasteiger partial charge in [-0.05, 0) is 47.1 Å². The molecule has 2 aromatic carbocycles. The molecule has 0 aliphatic rings. The molecule has 0 aliphatic carbocycles. The van der Waals surface area contributed by atoms with Crippen LogP contribution in [-0.2, 0) is 10.0 Å². The first kappa shape index (κ1) is 19.2. The van der Waals surface area contributed by atoms with Crippen molar-refractivity contribution in [1.82, 2.24) is 0 Å². The maximum atomic E-state index is 12.5. The molecule has 2 rings (SSSR count). The molecule has 0 spiro atoms. The van der Waals surface area contributed by atoms with Crippen LogP contribution >= 0.6 is 27.5 Å². The molecule has 0 saturated heterocycles. The number of benzene rings is 2. The van der Waals surface area contributed by atoms with Crippen molar-refractivity contribution >= 4 is 55.0 Å². The zero-order valence-corrected chi connectivity index (χ0v) is 15.7. The minimum Gasteiger partial charge on any atom is -0.505 e. The van der Waals surface area contributed by atoms with Crippen LogP contribution in [0, 0.1) is 0 Å². The Morgan fingerprint density at radius 2 is 1.84 bits per heavy atom. The number of carbonyl (C=O) groups is 2.